The number of aliphatic imine (C=N–C) groups is 1. The Morgan fingerprint density at radius 2 is 2.18 bits per heavy atom. The Morgan fingerprint density at radius 3 is 2.55 bits per heavy atom. The molecule has 11 heavy (non-hydrogen) atoms. The molecular formula is C8H13N3. The second-order valence-electron chi connectivity index (χ2n) is 1.87. The molecule has 3 nitrogen and oxygen atoms in total. The summed E-state index contributed by atoms with van der Waals surface area (Å²) in [6.07, 6.45) is 3.73. The lowest BCUT2D eigenvalue weighted by atomic mass is 10.2. The van der Waals surface area contributed by atoms with Crippen LogP contribution in [0.1, 0.15) is 6.92 Å². The van der Waals surface area contributed by atoms with Gasteiger partial charge in [-0.15, -0.1) is 0 Å². The second-order valence-corrected chi connectivity index (χ2v) is 1.87. The van der Waals surface area contributed by atoms with Gasteiger partial charge in [-0.1, -0.05) is 18.7 Å². The minimum atomic E-state index is 0.637. The summed E-state index contributed by atoms with van der Waals surface area (Å²) in [6, 6.07) is 0. The smallest absolute Gasteiger partial charge is 0.147 e. The first-order valence-corrected chi connectivity index (χ1v) is 3.26. The van der Waals surface area contributed by atoms with E-state index in [0.29, 0.717) is 5.84 Å². The number of rotatable bonds is 3. The second kappa shape index (κ2) is 5.41. The standard InChI is InChI=1S/C8H13N3/c1-5-6-7(2)8(9-3)11-10-4/h5-6H,2,4H2,1,3H3,(H,9,11)/b6-5-. The van der Waals surface area contributed by atoms with Crippen molar-refractivity contribution in [3.63, 3.8) is 0 Å². The van der Waals surface area contributed by atoms with E-state index in [1.165, 1.54) is 0 Å². The lowest BCUT2D eigenvalue weighted by molar-refractivity contribution is 1.03. The molecule has 1 N–H and O–H groups in total. The summed E-state index contributed by atoms with van der Waals surface area (Å²) < 4.78 is 0. The van der Waals surface area contributed by atoms with Gasteiger partial charge in [-0.2, -0.15) is 5.10 Å². The summed E-state index contributed by atoms with van der Waals surface area (Å²) in [6.45, 7) is 8.97. The van der Waals surface area contributed by atoms with Crippen molar-refractivity contribution in [1.29, 1.82) is 0 Å². The normalized spacial score (nSPS) is 11.6. The van der Waals surface area contributed by atoms with Crippen molar-refractivity contribution in [2.45, 2.75) is 6.92 Å². The molecule has 0 aliphatic carbocycles. The van der Waals surface area contributed by atoms with Gasteiger partial charge in [-0.3, -0.25) is 10.4 Å². The Balaban J connectivity index is 4.27. The van der Waals surface area contributed by atoms with Crippen molar-refractivity contribution in [2.75, 3.05) is 7.05 Å². The SMILES string of the molecule is C=NNC(=NC)C(=C)/C=C\C. The lowest BCUT2D eigenvalue weighted by Crippen LogP contribution is -2.17. The molecule has 0 spiro atoms. The fourth-order valence-corrected chi connectivity index (χ4v) is 0.620. The first kappa shape index (κ1) is 9.62. The van der Waals surface area contributed by atoms with E-state index in [-0.39, 0.29) is 0 Å². The van der Waals surface area contributed by atoms with Crippen LogP contribution in [0.5, 0.6) is 0 Å². The van der Waals surface area contributed by atoms with Gasteiger partial charge in [0.25, 0.3) is 0 Å². The van der Waals surface area contributed by atoms with Crippen molar-refractivity contribution in [1.82, 2.24) is 5.43 Å². The Hall–Kier alpha value is -1.38. The predicted molar refractivity (Wildman–Crippen MR) is 50.0 cm³/mol. The number of amidine groups is 1. The number of allylic oxidation sites excluding steroid dienone is 1. The highest BCUT2D eigenvalue weighted by atomic mass is 15.3. The van der Waals surface area contributed by atoms with Gasteiger partial charge >= 0.3 is 0 Å². The summed E-state index contributed by atoms with van der Waals surface area (Å²) in [4.78, 5) is 3.92. The Morgan fingerprint density at radius 1 is 1.55 bits per heavy atom. The van der Waals surface area contributed by atoms with E-state index in [0.717, 1.165) is 5.57 Å². The maximum Gasteiger partial charge on any atom is 0.147 e. The summed E-state index contributed by atoms with van der Waals surface area (Å²) in [5.41, 5.74) is 3.42. The van der Waals surface area contributed by atoms with Crippen LogP contribution < -0.4 is 5.43 Å². The van der Waals surface area contributed by atoms with Gasteiger partial charge in [0.15, 0.2) is 0 Å². The van der Waals surface area contributed by atoms with Crippen LogP contribution in [-0.4, -0.2) is 19.6 Å². The van der Waals surface area contributed by atoms with Crippen LogP contribution in [-0.2, 0) is 0 Å². The predicted octanol–water partition coefficient (Wildman–Crippen LogP) is 1.35. The van der Waals surface area contributed by atoms with Crippen LogP contribution in [0.25, 0.3) is 0 Å². The van der Waals surface area contributed by atoms with E-state index in [9.17, 15) is 0 Å². The number of hydrogen-bond acceptors (Lipinski definition) is 2. The third kappa shape index (κ3) is 3.35. The van der Waals surface area contributed by atoms with Crippen molar-refractivity contribution in [2.24, 2.45) is 10.1 Å². The molecule has 0 saturated heterocycles. The molecule has 0 aromatic carbocycles. The van der Waals surface area contributed by atoms with Crippen molar-refractivity contribution < 1.29 is 0 Å². The molecule has 0 unspecified atom stereocenters. The average molecular weight is 151 g/mol. The van der Waals surface area contributed by atoms with Gasteiger partial charge < -0.3 is 0 Å². The molecule has 0 radical (unpaired) electrons. The van der Waals surface area contributed by atoms with Crippen LogP contribution in [0.15, 0.2) is 34.4 Å². The largest absolute Gasteiger partial charge is 0.270 e. The van der Waals surface area contributed by atoms with Crippen LogP contribution >= 0.6 is 0 Å². The summed E-state index contributed by atoms with van der Waals surface area (Å²) >= 11 is 0. The third-order valence-electron chi connectivity index (χ3n) is 1.08. The van der Waals surface area contributed by atoms with Crippen LogP contribution in [0.3, 0.4) is 0 Å². The molecule has 0 fully saturated rings. The van der Waals surface area contributed by atoms with Gasteiger partial charge in [-0.05, 0) is 6.92 Å². The first-order valence-electron chi connectivity index (χ1n) is 3.26. The fraction of sp³-hybridized carbons (Fsp3) is 0.250. The lowest BCUT2D eigenvalue weighted by Gasteiger charge is -2.01. The number of nitrogens with zero attached hydrogens (tertiary/aromatic N) is 2. The summed E-state index contributed by atoms with van der Waals surface area (Å²) in [5, 5.41) is 3.48. The van der Waals surface area contributed by atoms with Gasteiger partial charge in [0.05, 0.1) is 0 Å². The Labute approximate surface area is 67.2 Å². The van der Waals surface area contributed by atoms with E-state index >= 15 is 0 Å². The van der Waals surface area contributed by atoms with E-state index < -0.39 is 0 Å². The highest BCUT2D eigenvalue weighted by Crippen LogP contribution is 1.94. The zero-order chi connectivity index (χ0) is 8.69. The van der Waals surface area contributed by atoms with Gasteiger partial charge in [0.1, 0.15) is 5.84 Å². The van der Waals surface area contributed by atoms with Crippen LogP contribution in [0.4, 0.5) is 0 Å². The molecular weight excluding hydrogens is 138 g/mol. The highest BCUT2D eigenvalue weighted by molar-refractivity contribution is 5.99. The molecule has 0 amide bonds. The van der Waals surface area contributed by atoms with Gasteiger partial charge in [0.2, 0.25) is 0 Å². The Kier molecular flexibility index (Phi) is 4.73. The molecule has 0 aromatic rings. The van der Waals surface area contributed by atoms with Crippen molar-refractivity contribution in [3.8, 4) is 0 Å². The van der Waals surface area contributed by atoms with Crippen molar-refractivity contribution in [3.05, 3.63) is 24.3 Å². The summed E-state index contributed by atoms with van der Waals surface area (Å²) in [7, 11) is 1.67. The van der Waals surface area contributed by atoms with Crippen LogP contribution in [0.2, 0.25) is 0 Å². The minimum absolute atomic E-state index is 0.637. The minimum Gasteiger partial charge on any atom is -0.270 e. The quantitative estimate of drug-likeness (QED) is 0.281. The fourth-order valence-electron chi connectivity index (χ4n) is 0.620. The number of nitrogens with one attached hydrogen (secondary N) is 1. The molecule has 0 aromatic heterocycles. The first-order chi connectivity index (χ1) is 5.26. The third-order valence-corrected chi connectivity index (χ3v) is 1.08. The molecule has 3 heteroatoms. The molecule has 60 valence electrons. The zero-order valence-corrected chi connectivity index (χ0v) is 6.96. The number of hydrogen-bond donors (Lipinski definition) is 1. The molecule has 0 saturated carbocycles. The molecule has 0 aliphatic rings. The van der Waals surface area contributed by atoms with Gasteiger partial charge in [-0.25, -0.2) is 0 Å². The zero-order valence-electron chi connectivity index (χ0n) is 6.96. The monoisotopic (exact) mass is 151 g/mol. The van der Waals surface area contributed by atoms with Crippen LogP contribution in [0, 0.1) is 0 Å². The molecule has 0 bridgehead atoms. The van der Waals surface area contributed by atoms with Crippen molar-refractivity contribution >= 4 is 12.6 Å². The van der Waals surface area contributed by atoms with E-state index in [4.69, 9.17) is 0 Å². The van der Waals surface area contributed by atoms with E-state index in [1.54, 1.807) is 7.05 Å². The van der Waals surface area contributed by atoms with E-state index in [1.807, 2.05) is 19.1 Å². The highest BCUT2D eigenvalue weighted by Gasteiger charge is 1.95. The molecule has 0 aliphatic heterocycles. The average Bonchev–Trinajstić information content (AvgIpc) is 2.00. The molecule has 0 heterocycles. The maximum atomic E-state index is 3.92. The Bertz CT molecular complexity index is 201. The van der Waals surface area contributed by atoms with E-state index in [2.05, 4.69) is 28.8 Å². The number of hydrazone groups is 1. The molecule has 0 rings (SSSR count). The van der Waals surface area contributed by atoms with Gasteiger partial charge in [0, 0.05) is 19.3 Å². The molecule has 0 atom stereocenters. The topological polar surface area (TPSA) is 36.8 Å². The maximum absolute atomic E-state index is 3.92. The summed E-state index contributed by atoms with van der Waals surface area (Å²) in [5.74, 6) is 0.637.